The average molecular weight is 423 g/mol. The second kappa shape index (κ2) is 10.2. The molecule has 0 aliphatic heterocycles. The maximum Gasteiger partial charge on any atom is 0.216 e. The highest BCUT2D eigenvalue weighted by atomic mass is 32.2. The van der Waals surface area contributed by atoms with E-state index in [0.717, 1.165) is 29.1 Å². The number of nitrogens with zero attached hydrogens (tertiary/aromatic N) is 3. The highest BCUT2D eigenvalue weighted by molar-refractivity contribution is 7.99. The number of hydrogen-bond acceptors (Lipinski definition) is 5. The Morgan fingerprint density at radius 1 is 1.03 bits per heavy atom. The van der Waals surface area contributed by atoms with Crippen LogP contribution in [0.2, 0.25) is 0 Å². The molecule has 156 valence electrons. The summed E-state index contributed by atoms with van der Waals surface area (Å²) < 4.78 is 2.01. The molecule has 0 saturated heterocycles. The number of thioether (sulfide) groups is 1. The van der Waals surface area contributed by atoms with Gasteiger partial charge < -0.3 is 5.32 Å². The Morgan fingerprint density at radius 2 is 1.80 bits per heavy atom. The maximum atomic E-state index is 12.6. The summed E-state index contributed by atoms with van der Waals surface area (Å²) >= 11 is 1.39. The van der Waals surface area contributed by atoms with Gasteiger partial charge in [-0.2, -0.15) is 0 Å². The molecule has 3 rings (SSSR count). The van der Waals surface area contributed by atoms with E-state index >= 15 is 0 Å². The Balaban J connectivity index is 1.78. The Labute approximate surface area is 181 Å². The number of amides is 1. The molecule has 1 amide bonds. The van der Waals surface area contributed by atoms with Crippen molar-refractivity contribution in [2.24, 2.45) is 0 Å². The molecule has 0 atom stereocenters. The first kappa shape index (κ1) is 21.8. The number of nitrogens with one attached hydrogen (secondary N) is 1. The molecule has 0 radical (unpaired) electrons. The molecule has 0 aliphatic rings. The second-order valence-electron chi connectivity index (χ2n) is 7.24. The molecule has 0 fully saturated rings. The Morgan fingerprint density at radius 3 is 2.50 bits per heavy atom. The van der Waals surface area contributed by atoms with Crippen LogP contribution in [0.5, 0.6) is 0 Å². The van der Waals surface area contributed by atoms with Crippen molar-refractivity contribution in [1.29, 1.82) is 0 Å². The lowest BCUT2D eigenvalue weighted by atomic mass is 10.1. The van der Waals surface area contributed by atoms with Gasteiger partial charge >= 0.3 is 0 Å². The SMILES string of the molecule is CC(=O)NCCCc1nnc(SCC(=O)c2ccc(C)cc2)n1-c1cccc(C)c1. The summed E-state index contributed by atoms with van der Waals surface area (Å²) in [5.41, 5.74) is 3.93. The van der Waals surface area contributed by atoms with Gasteiger partial charge in [-0.1, -0.05) is 53.7 Å². The van der Waals surface area contributed by atoms with Crippen molar-refractivity contribution in [1.82, 2.24) is 20.1 Å². The van der Waals surface area contributed by atoms with Crippen molar-refractivity contribution >= 4 is 23.5 Å². The summed E-state index contributed by atoms with van der Waals surface area (Å²) in [5, 5.41) is 12.2. The minimum atomic E-state index is -0.0407. The van der Waals surface area contributed by atoms with Gasteiger partial charge in [0, 0.05) is 31.1 Å². The van der Waals surface area contributed by atoms with Crippen LogP contribution in [0.25, 0.3) is 5.69 Å². The van der Waals surface area contributed by atoms with Crippen molar-refractivity contribution in [3.05, 3.63) is 71.0 Å². The molecule has 6 nitrogen and oxygen atoms in total. The van der Waals surface area contributed by atoms with Crippen molar-refractivity contribution < 1.29 is 9.59 Å². The summed E-state index contributed by atoms with van der Waals surface area (Å²) in [6.45, 7) is 6.14. The minimum Gasteiger partial charge on any atom is -0.356 e. The molecule has 0 bridgehead atoms. The van der Waals surface area contributed by atoms with E-state index in [9.17, 15) is 9.59 Å². The first-order valence-electron chi connectivity index (χ1n) is 9.92. The summed E-state index contributed by atoms with van der Waals surface area (Å²) in [6, 6.07) is 15.7. The van der Waals surface area contributed by atoms with Crippen LogP contribution in [0.1, 0.15) is 40.7 Å². The van der Waals surface area contributed by atoms with Gasteiger partial charge in [0.2, 0.25) is 5.91 Å². The predicted molar refractivity (Wildman–Crippen MR) is 119 cm³/mol. The third kappa shape index (κ3) is 5.79. The van der Waals surface area contributed by atoms with E-state index in [4.69, 9.17) is 0 Å². The van der Waals surface area contributed by atoms with Gasteiger partial charge in [-0.15, -0.1) is 10.2 Å². The number of aromatic nitrogens is 3. The molecule has 1 heterocycles. The summed E-state index contributed by atoms with van der Waals surface area (Å²) in [7, 11) is 0. The molecule has 0 unspecified atom stereocenters. The van der Waals surface area contributed by atoms with Gasteiger partial charge in [0.25, 0.3) is 0 Å². The monoisotopic (exact) mass is 422 g/mol. The number of ketones is 1. The van der Waals surface area contributed by atoms with E-state index in [0.29, 0.717) is 29.4 Å². The number of carbonyl (C=O) groups is 2. The molecule has 2 aromatic carbocycles. The van der Waals surface area contributed by atoms with Gasteiger partial charge in [-0.3, -0.25) is 14.2 Å². The van der Waals surface area contributed by atoms with Gasteiger partial charge in [-0.25, -0.2) is 0 Å². The zero-order chi connectivity index (χ0) is 21.5. The maximum absolute atomic E-state index is 12.6. The average Bonchev–Trinajstić information content (AvgIpc) is 3.12. The molecule has 0 aliphatic carbocycles. The van der Waals surface area contributed by atoms with E-state index in [1.165, 1.54) is 18.7 Å². The van der Waals surface area contributed by atoms with Crippen LogP contribution >= 0.6 is 11.8 Å². The quantitative estimate of drug-likeness (QED) is 0.321. The van der Waals surface area contributed by atoms with Crippen LogP contribution in [0, 0.1) is 13.8 Å². The number of rotatable bonds is 9. The van der Waals surface area contributed by atoms with Gasteiger partial charge in [0.15, 0.2) is 10.9 Å². The first-order valence-corrected chi connectivity index (χ1v) is 10.9. The smallest absolute Gasteiger partial charge is 0.216 e. The van der Waals surface area contributed by atoms with Crippen LogP contribution in [-0.4, -0.2) is 38.8 Å². The molecular weight excluding hydrogens is 396 g/mol. The number of benzene rings is 2. The molecule has 1 aromatic heterocycles. The Hall–Kier alpha value is -2.93. The summed E-state index contributed by atoms with van der Waals surface area (Å²) in [4.78, 5) is 23.7. The fourth-order valence-electron chi connectivity index (χ4n) is 3.05. The zero-order valence-corrected chi connectivity index (χ0v) is 18.3. The largest absolute Gasteiger partial charge is 0.356 e. The van der Waals surface area contributed by atoms with Crippen molar-refractivity contribution in [2.75, 3.05) is 12.3 Å². The number of hydrogen-bond donors (Lipinski definition) is 1. The topological polar surface area (TPSA) is 76.9 Å². The first-order chi connectivity index (χ1) is 14.4. The third-order valence-electron chi connectivity index (χ3n) is 4.62. The van der Waals surface area contributed by atoms with Crippen LogP contribution < -0.4 is 5.32 Å². The van der Waals surface area contributed by atoms with Crippen molar-refractivity contribution in [3.63, 3.8) is 0 Å². The third-order valence-corrected chi connectivity index (χ3v) is 5.55. The molecule has 1 N–H and O–H groups in total. The predicted octanol–water partition coefficient (Wildman–Crippen LogP) is 3.93. The molecule has 30 heavy (non-hydrogen) atoms. The van der Waals surface area contributed by atoms with Crippen molar-refractivity contribution in [2.45, 2.75) is 38.8 Å². The Bertz CT molecular complexity index is 1030. The molecular formula is C23H26N4O2S. The van der Waals surface area contributed by atoms with Crippen LogP contribution in [-0.2, 0) is 11.2 Å². The van der Waals surface area contributed by atoms with E-state index < -0.39 is 0 Å². The van der Waals surface area contributed by atoms with E-state index in [-0.39, 0.29) is 11.7 Å². The van der Waals surface area contributed by atoms with Crippen molar-refractivity contribution in [3.8, 4) is 5.69 Å². The fourth-order valence-corrected chi connectivity index (χ4v) is 3.91. The molecule has 0 spiro atoms. The van der Waals surface area contributed by atoms with E-state index in [1.807, 2.05) is 60.9 Å². The standard InChI is InChI=1S/C23H26N4O2S/c1-16-9-11-19(12-10-16)21(29)15-30-23-26-25-22(8-5-13-24-18(3)28)27(23)20-7-4-6-17(2)14-20/h4,6-7,9-12,14H,5,8,13,15H2,1-3H3,(H,24,28). The van der Waals surface area contributed by atoms with Gasteiger partial charge in [0.1, 0.15) is 5.82 Å². The lowest BCUT2D eigenvalue weighted by Gasteiger charge is -2.11. The van der Waals surface area contributed by atoms with E-state index in [2.05, 4.69) is 21.6 Å². The summed E-state index contributed by atoms with van der Waals surface area (Å²) in [5.74, 6) is 1.13. The lowest BCUT2D eigenvalue weighted by molar-refractivity contribution is -0.118. The van der Waals surface area contributed by atoms with Gasteiger partial charge in [0.05, 0.1) is 5.75 Å². The molecule has 7 heteroatoms. The lowest BCUT2D eigenvalue weighted by Crippen LogP contribution is -2.21. The normalized spacial score (nSPS) is 10.8. The summed E-state index contributed by atoms with van der Waals surface area (Å²) in [6.07, 6.45) is 1.43. The highest BCUT2D eigenvalue weighted by Crippen LogP contribution is 2.24. The van der Waals surface area contributed by atoms with Gasteiger partial charge in [-0.05, 0) is 38.0 Å². The van der Waals surface area contributed by atoms with Crippen LogP contribution in [0.4, 0.5) is 0 Å². The molecule has 3 aromatic rings. The van der Waals surface area contributed by atoms with Crippen LogP contribution in [0.15, 0.2) is 53.7 Å². The minimum absolute atomic E-state index is 0.0407. The fraction of sp³-hybridized carbons (Fsp3) is 0.304. The second-order valence-corrected chi connectivity index (χ2v) is 8.18. The zero-order valence-electron chi connectivity index (χ0n) is 17.5. The number of aryl methyl sites for hydroxylation is 3. The number of Topliss-reactive ketones (excluding diaryl/α,β-unsaturated/α-hetero) is 1. The number of carbonyl (C=O) groups excluding carboxylic acids is 2. The van der Waals surface area contributed by atoms with Crippen LogP contribution in [0.3, 0.4) is 0 Å². The molecule has 0 saturated carbocycles. The Kier molecular flexibility index (Phi) is 7.41. The van der Waals surface area contributed by atoms with E-state index in [1.54, 1.807) is 0 Å². The highest BCUT2D eigenvalue weighted by Gasteiger charge is 2.16.